The van der Waals surface area contributed by atoms with Crippen LogP contribution in [0.1, 0.15) is 0 Å². The van der Waals surface area contributed by atoms with Crippen LogP contribution in [0, 0.1) is 0 Å². The van der Waals surface area contributed by atoms with Gasteiger partial charge in [-0.25, -0.2) is 4.98 Å². The van der Waals surface area contributed by atoms with Crippen molar-refractivity contribution in [3.05, 3.63) is 54.9 Å². The third-order valence-electron chi connectivity index (χ3n) is 2.84. The topological polar surface area (TPSA) is 47.0 Å². The minimum absolute atomic E-state index is 0.605. The summed E-state index contributed by atoms with van der Waals surface area (Å²) in [6.45, 7) is 0. The predicted molar refractivity (Wildman–Crippen MR) is 75.8 cm³/mol. The molecule has 0 unspecified atom stereocenters. The van der Waals surface area contributed by atoms with Gasteiger partial charge in [-0.2, -0.15) is 0 Å². The zero-order valence-corrected chi connectivity index (χ0v) is 10.5. The second-order valence-electron chi connectivity index (χ2n) is 4.13. The number of hydrogen-bond donors (Lipinski definition) is 1. The fourth-order valence-corrected chi connectivity index (χ4v) is 1.90. The van der Waals surface area contributed by atoms with Crippen molar-refractivity contribution in [2.24, 2.45) is 0 Å². The molecule has 4 nitrogen and oxygen atoms in total. The predicted octanol–water partition coefficient (Wildman–Crippen LogP) is 3.38. The van der Waals surface area contributed by atoms with E-state index >= 15 is 0 Å². The third-order valence-corrected chi connectivity index (χ3v) is 2.84. The van der Waals surface area contributed by atoms with Crippen molar-refractivity contribution in [1.82, 2.24) is 9.97 Å². The smallest absolute Gasteiger partial charge is 0.213 e. The van der Waals surface area contributed by atoms with E-state index in [-0.39, 0.29) is 0 Å². The van der Waals surface area contributed by atoms with E-state index in [1.54, 1.807) is 19.5 Å². The van der Waals surface area contributed by atoms with E-state index in [1.165, 1.54) is 0 Å². The Bertz CT molecular complexity index is 695. The van der Waals surface area contributed by atoms with Crippen LogP contribution in [0.3, 0.4) is 0 Å². The first-order valence-electron chi connectivity index (χ1n) is 5.97. The van der Waals surface area contributed by atoms with Crippen molar-refractivity contribution in [2.75, 3.05) is 12.4 Å². The average Bonchev–Trinajstić information content (AvgIpc) is 2.48. The van der Waals surface area contributed by atoms with Gasteiger partial charge in [-0.1, -0.05) is 6.07 Å². The summed E-state index contributed by atoms with van der Waals surface area (Å²) in [5, 5.41) is 4.41. The summed E-state index contributed by atoms with van der Waals surface area (Å²) in [6, 6.07) is 13.8. The van der Waals surface area contributed by atoms with E-state index in [0.717, 1.165) is 22.3 Å². The molecule has 94 valence electrons. The van der Waals surface area contributed by atoms with Crippen LogP contribution < -0.4 is 10.1 Å². The molecule has 0 amide bonds. The second-order valence-corrected chi connectivity index (χ2v) is 4.13. The minimum Gasteiger partial charge on any atom is -0.481 e. The molecule has 0 radical (unpaired) electrons. The zero-order valence-electron chi connectivity index (χ0n) is 10.5. The number of fused-ring (bicyclic) bond motifs is 1. The number of rotatable bonds is 3. The lowest BCUT2D eigenvalue weighted by Crippen LogP contribution is -1.93. The monoisotopic (exact) mass is 251 g/mol. The number of pyridine rings is 2. The molecular weight excluding hydrogens is 238 g/mol. The normalized spacial score (nSPS) is 10.4. The Morgan fingerprint density at radius 2 is 1.89 bits per heavy atom. The highest BCUT2D eigenvalue weighted by atomic mass is 16.5. The molecule has 0 aliphatic heterocycles. The van der Waals surface area contributed by atoms with Crippen LogP contribution in [0.15, 0.2) is 54.9 Å². The molecule has 3 rings (SSSR count). The number of anilines is 2. The lowest BCUT2D eigenvalue weighted by molar-refractivity contribution is 0.398. The molecule has 1 N–H and O–H groups in total. The van der Waals surface area contributed by atoms with Crippen molar-refractivity contribution < 1.29 is 4.74 Å². The number of ether oxygens (including phenoxy) is 1. The van der Waals surface area contributed by atoms with Gasteiger partial charge in [0.1, 0.15) is 0 Å². The van der Waals surface area contributed by atoms with Gasteiger partial charge >= 0.3 is 0 Å². The van der Waals surface area contributed by atoms with Crippen molar-refractivity contribution in [1.29, 1.82) is 0 Å². The van der Waals surface area contributed by atoms with Gasteiger partial charge in [0.05, 0.1) is 24.5 Å². The van der Waals surface area contributed by atoms with Crippen LogP contribution in [-0.2, 0) is 0 Å². The number of methoxy groups -OCH3 is 1. The van der Waals surface area contributed by atoms with Gasteiger partial charge in [-0.3, -0.25) is 4.98 Å². The Balaban J connectivity index is 1.87. The van der Waals surface area contributed by atoms with Crippen LogP contribution >= 0.6 is 0 Å². The molecule has 0 fully saturated rings. The van der Waals surface area contributed by atoms with E-state index in [0.29, 0.717) is 5.88 Å². The highest BCUT2D eigenvalue weighted by Gasteiger charge is 1.99. The SMILES string of the molecule is COc1ccc(Nc2ccc3ncccc3c2)cn1. The van der Waals surface area contributed by atoms with Crippen molar-refractivity contribution >= 4 is 22.3 Å². The minimum atomic E-state index is 0.605. The summed E-state index contributed by atoms with van der Waals surface area (Å²) < 4.78 is 5.03. The van der Waals surface area contributed by atoms with Gasteiger partial charge in [0.25, 0.3) is 0 Å². The zero-order chi connectivity index (χ0) is 13.1. The molecular formula is C15H13N3O. The Morgan fingerprint density at radius 3 is 2.68 bits per heavy atom. The van der Waals surface area contributed by atoms with Gasteiger partial charge in [0.2, 0.25) is 5.88 Å². The maximum Gasteiger partial charge on any atom is 0.213 e. The third kappa shape index (κ3) is 2.47. The average molecular weight is 251 g/mol. The molecule has 2 aromatic heterocycles. The van der Waals surface area contributed by atoms with E-state index in [1.807, 2.05) is 36.4 Å². The Kier molecular flexibility index (Phi) is 2.98. The van der Waals surface area contributed by atoms with Gasteiger partial charge in [-0.15, -0.1) is 0 Å². The lowest BCUT2D eigenvalue weighted by atomic mass is 10.2. The summed E-state index contributed by atoms with van der Waals surface area (Å²) >= 11 is 0. The molecule has 0 atom stereocenters. The van der Waals surface area contributed by atoms with Crippen LogP contribution in [0.4, 0.5) is 11.4 Å². The number of benzene rings is 1. The summed E-state index contributed by atoms with van der Waals surface area (Å²) in [5.74, 6) is 0.605. The van der Waals surface area contributed by atoms with E-state index < -0.39 is 0 Å². The maximum absolute atomic E-state index is 5.03. The summed E-state index contributed by atoms with van der Waals surface area (Å²) in [4.78, 5) is 8.45. The van der Waals surface area contributed by atoms with E-state index in [2.05, 4.69) is 21.4 Å². The Morgan fingerprint density at radius 1 is 1.00 bits per heavy atom. The number of nitrogens with zero attached hydrogens (tertiary/aromatic N) is 2. The molecule has 1 aromatic carbocycles. The maximum atomic E-state index is 5.03. The summed E-state index contributed by atoms with van der Waals surface area (Å²) in [7, 11) is 1.60. The first kappa shape index (κ1) is 11.5. The molecule has 19 heavy (non-hydrogen) atoms. The second kappa shape index (κ2) is 4.94. The van der Waals surface area contributed by atoms with Gasteiger partial charge in [-0.05, 0) is 30.3 Å². The van der Waals surface area contributed by atoms with Crippen molar-refractivity contribution in [2.45, 2.75) is 0 Å². The van der Waals surface area contributed by atoms with Gasteiger partial charge < -0.3 is 10.1 Å². The fraction of sp³-hybridized carbons (Fsp3) is 0.0667. The van der Waals surface area contributed by atoms with E-state index in [9.17, 15) is 0 Å². The van der Waals surface area contributed by atoms with Gasteiger partial charge in [0.15, 0.2) is 0 Å². The van der Waals surface area contributed by atoms with Crippen molar-refractivity contribution in [3.8, 4) is 5.88 Å². The number of aromatic nitrogens is 2. The summed E-state index contributed by atoms with van der Waals surface area (Å²) in [5.41, 5.74) is 2.91. The van der Waals surface area contributed by atoms with Crippen LogP contribution in [-0.4, -0.2) is 17.1 Å². The first-order valence-corrected chi connectivity index (χ1v) is 5.97. The largest absolute Gasteiger partial charge is 0.481 e. The molecule has 0 spiro atoms. The molecule has 0 saturated carbocycles. The van der Waals surface area contributed by atoms with Gasteiger partial charge in [0, 0.05) is 23.3 Å². The first-order chi connectivity index (χ1) is 9.35. The molecule has 0 saturated heterocycles. The van der Waals surface area contributed by atoms with Crippen LogP contribution in [0.2, 0.25) is 0 Å². The van der Waals surface area contributed by atoms with Crippen LogP contribution in [0.25, 0.3) is 10.9 Å². The Labute approximate surface area is 111 Å². The lowest BCUT2D eigenvalue weighted by Gasteiger charge is -2.07. The number of hydrogen-bond acceptors (Lipinski definition) is 4. The molecule has 0 aliphatic carbocycles. The highest BCUT2D eigenvalue weighted by Crippen LogP contribution is 2.21. The molecule has 0 aliphatic rings. The van der Waals surface area contributed by atoms with E-state index in [4.69, 9.17) is 4.74 Å². The summed E-state index contributed by atoms with van der Waals surface area (Å²) in [6.07, 6.45) is 3.54. The number of nitrogens with one attached hydrogen (secondary N) is 1. The standard InChI is InChI=1S/C15H13N3O/c1-19-15-7-5-13(10-17-15)18-12-4-6-14-11(9-12)3-2-8-16-14/h2-10,18H,1H3. The van der Waals surface area contributed by atoms with Crippen LogP contribution in [0.5, 0.6) is 5.88 Å². The quantitative estimate of drug-likeness (QED) is 0.775. The van der Waals surface area contributed by atoms with Crippen molar-refractivity contribution in [3.63, 3.8) is 0 Å². The fourth-order valence-electron chi connectivity index (χ4n) is 1.90. The Hall–Kier alpha value is -2.62. The molecule has 0 bridgehead atoms. The molecule has 4 heteroatoms. The highest BCUT2D eigenvalue weighted by molar-refractivity contribution is 5.83. The molecule has 3 aromatic rings. The molecule has 2 heterocycles.